The molecule has 0 aliphatic carbocycles. The third-order valence-corrected chi connectivity index (χ3v) is 6.08. The molecule has 1 aromatic carbocycles. The second-order valence-electron chi connectivity index (χ2n) is 7.51. The molecule has 0 radical (unpaired) electrons. The zero-order valence-electron chi connectivity index (χ0n) is 15.9. The van der Waals surface area contributed by atoms with Crippen molar-refractivity contribution in [1.29, 1.82) is 0 Å². The molecule has 2 aliphatic heterocycles. The largest absolute Gasteiger partial charge is 0.469 e. The van der Waals surface area contributed by atoms with Crippen LogP contribution in [-0.4, -0.2) is 60.5 Å². The average molecular weight is 358 g/mol. The van der Waals surface area contributed by atoms with Gasteiger partial charge in [0, 0.05) is 32.6 Å². The maximum atomic E-state index is 12.6. The van der Waals surface area contributed by atoms with Crippen molar-refractivity contribution in [3.05, 3.63) is 35.9 Å². The molecule has 5 heteroatoms. The van der Waals surface area contributed by atoms with Crippen molar-refractivity contribution in [3.8, 4) is 0 Å². The Balaban J connectivity index is 1.66. The van der Waals surface area contributed by atoms with E-state index in [-0.39, 0.29) is 23.3 Å². The number of hydrogen-bond donors (Lipinski definition) is 0. The van der Waals surface area contributed by atoms with Crippen molar-refractivity contribution < 1.29 is 14.3 Å². The van der Waals surface area contributed by atoms with Crippen molar-refractivity contribution >= 4 is 11.9 Å². The second kappa shape index (κ2) is 8.21. The molecular weight excluding hydrogens is 328 g/mol. The zero-order chi connectivity index (χ0) is 18.6. The summed E-state index contributed by atoms with van der Waals surface area (Å²) in [5, 5.41) is 0. The average Bonchev–Trinajstić information content (AvgIpc) is 2.94. The van der Waals surface area contributed by atoms with E-state index in [1.165, 1.54) is 12.7 Å². The first-order valence-electron chi connectivity index (χ1n) is 9.75. The van der Waals surface area contributed by atoms with Crippen molar-refractivity contribution in [2.24, 2.45) is 5.92 Å². The van der Waals surface area contributed by atoms with Crippen molar-refractivity contribution in [3.63, 3.8) is 0 Å². The Labute approximate surface area is 156 Å². The molecule has 2 heterocycles. The third-order valence-electron chi connectivity index (χ3n) is 6.08. The number of nitrogens with zero attached hydrogens (tertiary/aromatic N) is 2. The summed E-state index contributed by atoms with van der Waals surface area (Å²) in [5.41, 5.74) is 1.01. The molecule has 1 unspecified atom stereocenters. The minimum atomic E-state index is -0.344. The number of hydrogen-bond acceptors (Lipinski definition) is 4. The number of piperidine rings is 1. The molecule has 3 rings (SSSR count). The predicted molar refractivity (Wildman–Crippen MR) is 101 cm³/mol. The van der Waals surface area contributed by atoms with Gasteiger partial charge >= 0.3 is 5.97 Å². The number of amides is 1. The summed E-state index contributed by atoms with van der Waals surface area (Å²) in [6.45, 7) is 5.68. The molecule has 142 valence electrons. The van der Waals surface area contributed by atoms with Gasteiger partial charge in [-0.3, -0.25) is 9.59 Å². The molecule has 1 atom stereocenters. The van der Waals surface area contributed by atoms with Crippen LogP contribution in [0.4, 0.5) is 0 Å². The first-order valence-corrected chi connectivity index (χ1v) is 9.75. The summed E-state index contributed by atoms with van der Waals surface area (Å²) < 4.78 is 5.04. The summed E-state index contributed by atoms with van der Waals surface area (Å²) in [5.74, 6) is -0.433. The van der Waals surface area contributed by atoms with Gasteiger partial charge in [0.15, 0.2) is 0 Å². The summed E-state index contributed by atoms with van der Waals surface area (Å²) in [6, 6.07) is 10.5. The normalized spacial score (nSPS) is 22.8. The van der Waals surface area contributed by atoms with Crippen LogP contribution in [0.3, 0.4) is 0 Å². The van der Waals surface area contributed by atoms with Crippen LogP contribution in [0.1, 0.15) is 38.2 Å². The van der Waals surface area contributed by atoms with Gasteiger partial charge in [0.25, 0.3) is 0 Å². The predicted octanol–water partition coefficient (Wildman–Crippen LogP) is 2.50. The lowest BCUT2D eigenvalue weighted by atomic mass is 9.76. The van der Waals surface area contributed by atoms with Gasteiger partial charge in [-0.15, -0.1) is 0 Å². The Bertz CT molecular complexity index is 623. The summed E-state index contributed by atoms with van der Waals surface area (Å²) >= 11 is 0. The Hall–Kier alpha value is -1.88. The van der Waals surface area contributed by atoms with Gasteiger partial charge in [-0.05, 0) is 31.2 Å². The van der Waals surface area contributed by atoms with Crippen LogP contribution in [0.2, 0.25) is 0 Å². The number of benzene rings is 1. The van der Waals surface area contributed by atoms with Gasteiger partial charge in [-0.25, -0.2) is 0 Å². The van der Waals surface area contributed by atoms with Crippen LogP contribution in [-0.2, 0) is 20.7 Å². The molecule has 5 nitrogen and oxygen atoms in total. The Morgan fingerprint density at radius 2 is 1.88 bits per heavy atom. The number of methoxy groups -OCH3 is 1. The SMILES string of the molecule is CCCN1C(=O)CC(C(=O)OC)C12CCN(CCc1ccccc1)CC2. The molecule has 2 fully saturated rings. The van der Waals surface area contributed by atoms with Crippen molar-refractivity contribution in [2.75, 3.05) is 33.3 Å². The van der Waals surface area contributed by atoms with E-state index >= 15 is 0 Å². The quantitative estimate of drug-likeness (QED) is 0.733. The minimum absolute atomic E-state index is 0.111. The molecular formula is C21H30N2O3. The second-order valence-corrected chi connectivity index (χ2v) is 7.51. The zero-order valence-corrected chi connectivity index (χ0v) is 15.9. The highest BCUT2D eigenvalue weighted by molar-refractivity contribution is 5.89. The smallest absolute Gasteiger partial charge is 0.311 e. The summed E-state index contributed by atoms with van der Waals surface area (Å²) in [6.07, 6.45) is 3.96. The topological polar surface area (TPSA) is 49.9 Å². The maximum Gasteiger partial charge on any atom is 0.311 e. The Morgan fingerprint density at radius 3 is 2.50 bits per heavy atom. The van der Waals surface area contributed by atoms with E-state index in [1.54, 1.807) is 0 Å². The monoisotopic (exact) mass is 358 g/mol. The fraction of sp³-hybridized carbons (Fsp3) is 0.619. The standard InChI is InChI=1S/C21H30N2O3/c1-3-12-23-19(24)16-18(20(25)26-2)21(23)10-14-22(15-11-21)13-9-17-7-5-4-6-8-17/h4-8,18H,3,9-16H2,1-2H3. The molecule has 1 spiro atoms. The van der Waals surface area contributed by atoms with Crippen LogP contribution in [0, 0.1) is 5.92 Å². The Kier molecular flexibility index (Phi) is 5.97. The maximum absolute atomic E-state index is 12.6. The van der Waals surface area contributed by atoms with E-state index < -0.39 is 0 Å². The molecule has 1 aromatic rings. The van der Waals surface area contributed by atoms with Gasteiger partial charge in [-0.2, -0.15) is 0 Å². The van der Waals surface area contributed by atoms with Crippen molar-refractivity contribution in [2.45, 2.75) is 44.6 Å². The van der Waals surface area contributed by atoms with Crippen molar-refractivity contribution in [1.82, 2.24) is 9.80 Å². The summed E-state index contributed by atoms with van der Waals surface area (Å²) in [7, 11) is 1.43. The lowest BCUT2D eigenvalue weighted by Crippen LogP contribution is -2.57. The highest BCUT2D eigenvalue weighted by Crippen LogP contribution is 2.44. The van der Waals surface area contributed by atoms with Crippen LogP contribution in [0.15, 0.2) is 30.3 Å². The third kappa shape index (κ3) is 3.63. The number of carbonyl (C=O) groups is 2. The first-order chi connectivity index (χ1) is 12.6. The number of carbonyl (C=O) groups excluding carboxylic acids is 2. The molecule has 0 bridgehead atoms. The van der Waals surface area contributed by atoms with Gasteiger partial charge in [0.1, 0.15) is 0 Å². The highest BCUT2D eigenvalue weighted by atomic mass is 16.5. The summed E-state index contributed by atoms with van der Waals surface area (Å²) in [4.78, 5) is 29.4. The number of likely N-dealkylation sites (tertiary alicyclic amines) is 2. The van der Waals surface area contributed by atoms with E-state index in [0.717, 1.165) is 51.9 Å². The van der Waals surface area contributed by atoms with Crippen LogP contribution in [0.25, 0.3) is 0 Å². The molecule has 2 saturated heterocycles. The highest BCUT2D eigenvalue weighted by Gasteiger charge is 2.56. The van der Waals surface area contributed by atoms with Gasteiger partial charge in [0.2, 0.25) is 5.91 Å². The molecule has 2 aliphatic rings. The van der Waals surface area contributed by atoms with E-state index in [1.807, 2.05) is 11.0 Å². The molecule has 26 heavy (non-hydrogen) atoms. The molecule has 1 amide bonds. The lowest BCUT2D eigenvalue weighted by Gasteiger charge is -2.47. The number of esters is 1. The van der Waals surface area contributed by atoms with E-state index in [0.29, 0.717) is 6.42 Å². The Morgan fingerprint density at radius 1 is 1.19 bits per heavy atom. The fourth-order valence-corrected chi connectivity index (χ4v) is 4.64. The van der Waals surface area contributed by atoms with Gasteiger partial charge < -0.3 is 14.5 Å². The first kappa shape index (κ1) is 18.9. The van der Waals surface area contributed by atoms with E-state index in [9.17, 15) is 9.59 Å². The van der Waals surface area contributed by atoms with Crippen LogP contribution in [0.5, 0.6) is 0 Å². The van der Waals surface area contributed by atoms with Crippen LogP contribution >= 0.6 is 0 Å². The lowest BCUT2D eigenvalue weighted by molar-refractivity contribution is -0.150. The van der Waals surface area contributed by atoms with E-state index in [4.69, 9.17) is 4.74 Å². The number of rotatable bonds is 6. The minimum Gasteiger partial charge on any atom is -0.469 e. The molecule has 0 N–H and O–H groups in total. The van der Waals surface area contributed by atoms with E-state index in [2.05, 4.69) is 36.1 Å². The molecule has 0 saturated carbocycles. The van der Waals surface area contributed by atoms with Crippen LogP contribution < -0.4 is 0 Å². The van der Waals surface area contributed by atoms with Gasteiger partial charge in [-0.1, -0.05) is 37.3 Å². The fourth-order valence-electron chi connectivity index (χ4n) is 4.64. The molecule has 0 aromatic heterocycles. The number of ether oxygens (including phenoxy) is 1. The van der Waals surface area contributed by atoms with Gasteiger partial charge in [0.05, 0.1) is 18.6 Å².